The first-order chi connectivity index (χ1) is 28.7. The summed E-state index contributed by atoms with van der Waals surface area (Å²) in [4.78, 5) is 17.6. The van der Waals surface area contributed by atoms with Crippen molar-refractivity contribution in [2.24, 2.45) is 0 Å². The molecule has 272 valence electrons. The smallest absolute Gasteiger partial charge is 0.164 e. The van der Waals surface area contributed by atoms with E-state index in [1.807, 2.05) is 72.8 Å². The van der Waals surface area contributed by atoms with Gasteiger partial charge in [0.25, 0.3) is 0 Å². The Kier molecular flexibility index (Phi) is 8.07. The van der Waals surface area contributed by atoms with Crippen LogP contribution in [0.4, 0.5) is 17.1 Å². The number of aromatic nitrogens is 3. The summed E-state index contributed by atoms with van der Waals surface area (Å²) in [5.74, 6) is 3.38. The molecule has 1 aromatic heterocycles. The summed E-state index contributed by atoms with van der Waals surface area (Å²) in [6.45, 7) is 0. The molecule has 0 unspecified atom stereocenters. The second-order valence-corrected chi connectivity index (χ2v) is 14.4. The van der Waals surface area contributed by atoms with Crippen LogP contribution in [0.1, 0.15) is 0 Å². The summed E-state index contributed by atoms with van der Waals surface area (Å²) < 4.78 is 6.82. The molecule has 1 aliphatic rings. The second-order valence-electron chi connectivity index (χ2n) is 14.4. The highest BCUT2D eigenvalue weighted by Gasteiger charge is 2.27. The van der Waals surface area contributed by atoms with Gasteiger partial charge in [0.2, 0.25) is 0 Å². The summed E-state index contributed by atoms with van der Waals surface area (Å²) in [6.07, 6.45) is 0. The first kappa shape index (κ1) is 33.4. The molecule has 0 atom stereocenters. The quantitative estimate of drug-likeness (QED) is 0.163. The lowest BCUT2D eigenvalue weighted by Crippen LogP contribution is -2.11. The fraction of sp³-hybridized carbons (Fsp3) is 0. The van der Waals surface area contributed by atoms with Gasteiger partial charge < -0.3 is 9.64 Å². The normalized spacial score (nSPS) is 11.6. The molecule has 2 heterocycles. The molecule has 0 bridgehead atoms. The molecule has 0 aliphatic carbocycles. The molecule has 0 N–H and O–H groups in total. The minimum atomic E-state index is 0.584. The lowest BCUT2D eigenvalue weighted by molar-refractivity contribution is 0.487. The molecule has 5 nitrogen and oxygen atoms in total. The Morgan fingerprint density at radius 1 is 0.362 bits per heavy atom. The molecule has 0 amide bonds. The Morgan fingerprint density at radius 3 is 1.64 bits per heavy atom. The van der Waals surface area contributed by atoms with Crippen LogP contribution in [0, 0.1) is 0 Å². The average Bonchev–Trinajstić information content (AvgIpc) is 3.30. The third-order valence-electron chi connectivity index (χ3n) is 10.9. The maximum Gasteiger partial charge on any atom is 0.164 e. The number of hydrogen-bond donors (Lipinski definition) is 0. The van der Waals surface area contributed by atoms with E-state index in [-0.39, 0.29) is 0 Å². The summed E-state index contributed by atoms with van der Waals surface area (Å²) in [5.41, 5.74) is 10.3. The predicted octanol–water partition coefficient (Wildman–Crippen LogP) is 14.1. The zero-order chi connectivity index (χ0) is 38.4. The van der Waals surface area contributed by atoms with E-state index < -0.39 is 0 Å². The van der Waals surface area contributed by atoms with Crippen molar-refractivity contribution in [1.82, 2.24) is 15.0 Å². The second kappa shape index (κ2) is 14.0. The molecule has 0 fully saturated rings. The molecule has 9 aromatic carbocycles. The van der Waals surface area contributed by atoms with Gasteiger partial charge in [0.1, 0.15) is 11.5 Å². The molecule has 1 aliphatic heterocycles. The SMILES string of the molecule is c1ccc(-c2ccc(N(c3ccc4ccccc4c3)c3ccc4c5c(cccc35)-c3c(cccc3-c3nc(-c5ccccc5)nc(-c5ccccc5)n3)O4)cc2)cc1. The van der Waals surface area contributed by atoms with Crippen molar-refractivity contribution in [3.63, 3.8) is 0 Å². The van der Waals surface area contributed by atoms with Crippen molar-refractivity contribution in [2.75, 3.05) is 4.90 Å². The minimum absolute atomic E-state index is 0.584. The van der Waals surface area contributed by atoms with E-state index in [2.05, 4.69) is 138 Å². The van der Waals surface area contributed by atoms with Gasteiger partial charge >= 0.3 is 0 Å². The maximum absolute atomic E-state index is 6.82. The van der Waals surface area contributed by atoms with E-state index in [0.29, 0.717) is 17.5 Å². The van der Waals surface area contributed by atoms with Crippen LogP contribution in [-0.2, 0) is 0 Å². The van der Waals surface area contributed by atoms with Crippen LogP contribution in [0.25, 0.3) is 78.0 Å². The van der Waals surface area contributed by atoms with Crippen molar-refractivity contribution >= 4 is 38.6 Å². The van der Waals surface area contributed by atoms with Gasteiger partial charge in [-0.15, -0.1) is 0 Å². The van der Waals surface area contributed by atoms with Crippen molar-refractivity contribution in [1.29, 1.82) is 0 Å². The standard InChI is InChI=1S/C53H34N4O/c1-4-14-35(15-5-1)37-26-29-41(30-27-37)57(42-31-28-36-16-10-11-21-40(36)34-42)46-32-33-48-49-43(46)22-12-23-44(49)50-45(24-13-25-47(50)58-48)53-55-51(38-17-6-2-7-18-38)54-52(56-53)39-19-8-3-9-20-39/h1-34H. The molecule has 0 saturated heterocycles. The summed E-state index contributed by atoms with van der Waals surface area (Å²) in [7, 11) is 0. The van der Waals surface area contributed by atoms with Gasteiger partial charge in [-0.3, -0.25) is 0 Å². The van der Waals surface area contributed by atoms with Crippen LogP contribution < -0.4 is 9.64 Å². The number of hydrogen-bond acceptors (Lipinski definition) is 5. The predicted molar refractivity (Wildman–Crippen MR) is 237 cm³/mol. The fourth-order valence-corrected chi connectivity index (χ4v) is 8.15. The number of benzene rings is 9. The molecule has 0 radical (unpaired) electrons. The highest BCUT2D eigenvalue weighted by molar-refractivity contribution is 6.12. The number of fused-ring (bicyclic) bond motifs is 3. The number of rotatable bonds is 7. The zero-order valence-electron chi connectivity index (χ0n) is 31.3. The molecular formula is C53H34N4O. The Bertz CT molecular complexity index is 3070. The van der Waals surface area contributed by atoms with E-state index in [1.165, 1.54) is 21.9 Å². The van der Waals surface area contributed by atoms with Crippen molar-refractivity contribution in [3.8, 4) is 67.9 Å². The number of ether oxygens (including phenoxy) is 1. The van der Waals surface area contributed by atoms with Crippen LogP contribution in [0.5, 0.6) is 11.5 Å². The van der Waals surface area contributed by atoms with Crippen LogP contribution in [0.3, 0.4) is 0 Å². The van der Waals surface area contributed by atoms with E-state index >= 15 is 0 Å². The molecule has 58 heavy (non-hydrogen) atoms. The van der Waals surface area contributed by atoms with Gasteiger partial charge in [-0.2, -0.15) is 0 Å². The molecule has 0 spiro atoms. The lowest BCUT2D eigenvalue weighted by Gasteiger charge is -2.30. The van der Waals surface area contributed by atoms with Gasteiger partial charge in [0.15, 0.2) is 17.5 Å². The first-order valence-corrected chi connectivity index (χ1v) is 19.4. The van der Waals surface area contributed by atoms with Crippen molar-refractivity contribution < 1.29 is 4.74 Å². The molecule has 10 aromatic rings. The Morgan fingerprint density at radius 2 is 0.931 bits per heavy atom. The highest BCUT2D eigenvalue weighted by Crippen LogP contribution is 2.53. The average molecular weight is 743 g/mol. The Balaban J connectivity index is 1.11. The van der Waals surface area contributed by atoms with Gasteiger partial charge in [-0.25, -0.2) is 15.0 Å². The summed E-state index contributed by atoms with van der Waals surface area (Å²) in [6, 6.07) is 71.7. The fourth-order valence-electron chi connectivity index (χ4n) is 8.15. The molecule has 5 heteroatoms. The molecular weight excluding hydrogens is 709 g/mol. The van der Waals surface area contributed by atoms with E-state index in [1.54, 1.807) is 0 Å². The summed E-state index contributed by atoms with van der Waals surface area (Å²) >= 11 is 0. The third kappa shape index (κ3) is 5.85. The molecule has 11 rings (SSSR count). The van der Waals surface area contributed by atoms with Crippen LogP contribution in [0.15, 0.2) is 206 Å². The Hall–Kier alpha value is -7.89. The van der Waals surface area contributed by atoms with Crippen LogP contribution in [-0.4, -0.2) is 15.0 Å². The van der Waals surface area contributed by atoms with Gasteiger partial charge in [-0.05, 0) is 69.9 Å². The zero-order valence-corrected chi connectivity index (χ0v) is 31.3. The number of nitrogens with zero attached hydrogens (tertiary/aromatic N) is 4. The van der Waals surface area contributed by atoms with Gasteiger partial charge in [-0.1, -0.05) is 164 Å². The maximum atomic E-state index is 6.82. The van der Waals surface area contributed by atoms with E-state index in [0.717, 1.165) is 67.2 Å². The third-order valence-corrected chi connectivity index (χ3v) is 10.9. The number of anilines is 3. The van der Waals surface area contributed by atoms with Gasteiger partial charge in [0, 0.05) is 44.4 Å². The van der Waals surface area contributed by atoms with E-state index in [9.17, 15) is 0 Å². The molecule has 0 saturated carbocycles. The monoisotopic (exact) mass is 742 g/mol. The largest absolute Gasteiger partial charge is 0.456 e. The highest BCUT2D eigenvalue weighted by atomic mass is 16.5. The van der Waals surface area contributed by atoms with Crippen molar-refractivity contribution in [2.45, 2.75) is 0 Å². The summed E-state index contributed by atoms with van der Waals surface area (Å²) in [5, 5.41) is 4.48. The van der Waals surface area contributed by atoms with Gasteiger partial charge in [0.05, 0.1) is 5.69 Å². The van der Waals surface area contributed by atoms with Crippen LogP contribution in [0.2, 0.25) is 0 Å². The lowest BCUT2D eigenvalue weighted by atomic mass is 9.90. The van der Waals surface area contributed by atoms with E-state index in [4.69, 9.17) is 19.7 Å². The van der Waals surface area contributed by atoms with Crippen molar-refractivity contribution in [3.05, 3.63) is 206 Å². The minimum Gasteiger partial charge on any atom is -0.456 e. The van der Waals surface area contributed by atoms with Crippen LogP contribution >= 0.6 is 0 Å². The topological polar surface area (TPSA) is 51.1 Å². The Labute approximate surface area is 336 Å². The first-order valence-electron chi connectivity index (χ1n) is 19.4.